The third-order valence-corrected chi connectivity index (χ3v) is 9.03. The number of ether oxygens (including phenoxy) is 1. The average molecular weight is 677 g/mol. The number of nitrogens with zero attached hydrogens (tertiary/aromatic N) is 3. The number of hydrogen-bond donors (Lipinski definition) is 0. The minimum atomic E-state index is -4.61. The molecule has 0 saturated carbocycles. The van der Waals surface area contributed by atoms with E-state index in [1.165, 1.54) is 10.6 Å². The first kappa shape index (κ1) is 33.2. The monoisotopic (exact) mass is 676 g/mol. The second-order valence-electron chi connectivity index (χ2n) is 10.7. The standard InChI is InChI=1S/C31H30F3N3O7S2/c1-35-25-14-13-24(31(32,33)34)21-26(25)36(16-6-18-45(38,39)40)29(35)10-5-11-30-37(17-7-19-46(41,42)43)27-20-23(12-15-28(27)44-30)22-8-3-2-4-9-22/h2-5,8-15,20-21H,6-7,16-19H2,1H3,(H-,38,39,40,41,42,43)/p-1. The fourth-order valence-corrected chi connectivity index (χ4v) is 6.31. The number of hydrogen-bond acceptors (Lipinski definition) is 8. The Hall–Kier alpha value is -4.18. The van der Waals surface area contributed by atoms with Gasteiger partial charge in [-0.25, -0.2) is 26.0 Å². The first-order valence-corrected chi connectivity index (χ1v) is 17.3. The van der Waals surface area contributed by atoms with Crippen LogP contribution in [0.1, 0.15) is 24.2 Å². The van der Waals surface area contributed by atoms with Crippen LogP contribution in [0.3, 0.4) is 0 Å². The third-order valence-electron chi connectivity index (χ3n) is 7.45. The summed E-state index contributed by atoms with van der Waals surface area (Å²) in [4.78, 5) is 1.74. The van der Waals surface area contributed by atoms with Crippen LogP contribution < -0.4 is 14.2 Å². The van der Waals surface area contributed by atoms with Crippen LogP contribution in [0.4, 0.5) is 18.9 Å². The molecule has 1 aliphatic heterocycles. The maximum absolute atomic E-state index is 13.5. The molecule has 0 N–H and O–H groups in total. The molecule has 3 aromatic carbocycles. The van der Waals surface area contributed by atoms with E-state index in [1.807, 2.05) is 42.5 Å². The summed E-state index contributed by atoms with van der Waals surface area (Å²) in [7, 11) is -7.35. The molecule has 244 valence electrons. The van der Waals surface area contributed by atoms with Gasteiger partial charge < -0.3 is 18.7 Å². The highest BCUT2D eigenvalue weighted by atomic mass is 32.2. The summed E-state index contributed by atoms with van der Waals surface area (Å²) in [5, 5.41) is 0. The summed E-state index contributed by atoms with van der Waals surface area (Å²) in [6.45, 7) is 0.0979. The largest absolute Gasteiger partial charge is 0.748 e. The molecule has 5 rings (SSSR count). The van der Waals surface area contributed by atoms with E-state index in [9.17, 15) is 39.1 Å². The molecular formula is C31H29F3N3O7S2-. The molecule has 0 spiro atoms. The highest BCUT2D eigenvalue weighted by Crippen LogP contribution is 2.41. The Morgan fingerprint density at radius 3 is 2.20 bits per heavy atom. The van der Waals surface area contributed by atoms with E-state index in [0.717, 1.165) is 23.3 Å². The summed E-state index contributed by atoms with van der Waals surface area (Å²) in [5.74, 6) is -0.0205. The number of allylic oxidation sites excluding steroid dienone is 2. The number of rotatable bonds is 11. The maximum Gasteiger partial charge on any atom is 0.416 e. The van der Waals surface area contributed by atoms with Gasteiger partial charge in [-0.2, -0.15) is 13.2 Å². The number of fused-ring (bicyclic) bond motifs is 2. The number of halogens is 3. The number of aryl methyl sites for hydroxylation is 2. The second-order valence-corrected chi connectivity index (χ2v) is 13.7. The van der Waals surface area contributed by atoms with Gasteiger partial charge in [-0.3, -0.25) is 0 Å². The van der Waals surface area contributed by atoms with Crippen molar-refractivity contribution in [2.45, 2.75) is 25.6 Å². The van der Waals surface area contributed by atoms with Crippen LogP contribution in [0, 0.1) is 0 Å². The van der Waals surface area contributed by atoms with Gasteiger partial charge in [-0.05, 0) is 60.4 Å². The highest BCUT2D eigenvalue weighted by molar-refractivity contribution is 7.85. The maximum atomic E-state index is 13.5. The minimum absolute atomic E-state index is 0.0264. The van der Waals surface area contributed by atoms with Gasteiger partial charge in [0, 0.05) is 30.2 Å². The summed E-state index contributed by atoms with van der Waals surface area (Å²) in [6, 6.07) is 18.4. The normalized spacial score (nSPS) is 14.8. The second kappa shape index (κ2) is 12.9. The predicted octanol–water partition coefficient (Wildman–Crippen LogP) is 4.78. The highest BCUT2D eigenvalue weighted by Gasteiger charge is 2.33. The Morgan fingerprint density at radius 1 is 0.870 bits per heavy atom. The van der Waals surface area contributed by atoms with E-state index in [4.69, 9.17) is 4.74 Å². The molecular weight excluding hydrogens is 647 g/mol. The van der Waals surface area contributed by atoms with Gasteiger partial charge in [-0.15, -0.1) is 0 Å². The predicted molar refractivity (Wildman–Crippen MR) is 163 cm³/mol. The third kappa shape index (κ3) is 7.78. The zero-order valence-corrected chi connectivity index (χ0v) is 26.1. The first-order chi connectivity index (χ1) is 21.6. The molecule has 1 aliphatic rings. The molecule has 4 aromatic rings. The van der Waals surface area contributed by atoms with E-state index in [2.05, 4.69) is 0 Å². The molecule has 0 aliphatic carbocycles. The van der Waals surface area contributed by atoms with Crippen LogP contribution in [0.5, 0.6) is 5.75 Å². The molecule has 0 radical (unpaired) electrons. The van der Waals surface area contributed by atoms with Crippen molar-refractivity contribution in [3.8, 4) is 16.9 Å². The van der Waals surface area contributed by atoms with Crippen molar-refractivity contribution in [3.05, 3.63) is 96.2 Å². The van der Waals surface area contributed by atoms with Gasteiger partial charge in [0.15, 0.2) is 16.8 Å². The number of aromatic nitrogens is 2. The number of benzene rings is 3. The molecule has 0 unspecified atom stereocenters. The van der Waals surface area contributed by atoms with Gasteiger partial charge >= 0.3 is 6.18 Å². The Morgan fingerprint density at radius 2 is 1.54 bits per heavy atom. The van der Waals surface area contributed by atoms with Gasteiger partial charge in [0.25, 0.3) is 5.82 Å². The number of anilines is 1. The molecule has 0 atom stereocenters. The van der Waals surface area contributed by atoms with Crippen LogP contribution in [0.2, 0.25) is 0 Å². The van der Waals surface area contributed by atoms with Crippen LogP contribution in [0.15, 0.2) is 84.8 Å². The Labute approximate surface area is 264 Å². The van der Waals surface area contributed by atoms with Crippen LogP contribution in [-0.2, 0) is 40.0 Å². The van der Waals surface area contributed by atoms with E-state index in [1.54, 1.807) is 40.8 Å². The van der Waals surface area contributed by atoms with E-state index in [0.29, 0.717) is 28.7 Å². The Balaban J connectivity index is 1.51. The van der Waals surface area contributed by atoms with Crippen molar-refractivity contribution < 1.29 is 48.4 Å². The van der Waals surface area contributed by atoms with Gasteiger partial charge in [-0.1, -0.05) is 36.4 Å². The molecule has 0 amide bonds. The lowest BCUT2D eigenvalue weighted by atomic mass is 10.0. The summed E-state index contributed by atoms with van der Waals surface area (Å²) >= 11 is 0. The van der Waals surface area contributed by atoms with Gasteiger partial charge in [0.1, 0.15) is 0 Å². The number of imidazole rings is 1. The molecule has 15 heteroatoms. The lowest BCUT2D eigenvalue weighted by Gasteiger charge is -2.19. The molecule has 46 heavy (non-hydrogen) atoms. The van der Waals surface area contributed by atoms with Gasteiger partial charge in [0.2, 0.25) is 5.88 Å². The van der Waals surface area contributed by atoms with Crippen molar-refractivity contribution >= 4 is 43.0 Å². The van der Waals surface area contributed by atoms with Crippen molar-refractivity contribution in [2.75, 3.05) is 23.0 Å². The van der Waals surface area contributed by atoms with E-state index in [-0.39, 0.29) is 31.4 Å². The fraction of sp³-hybridized carbons (Fsp3) is 0.258. The summed E-state index contributed by atoms with van der Waals surface area (Å²) in [5.41, 5.74) is 2.26. The molecule has 10 nitrogen and oxygen atoms in total. The lowest BCUT2D eigenvalue weighted by molar-refractivity contribution is -0.647. The van der Waals surface area contributed by atoms with Crippen LogP contribution >= 0.6 is 0 Å². The Kier molecular flexibility index (Phi) is 9.31. The molecule has 0 bridgehead atoms. The lowest BCUT2D eigenvalue weighted by Crippen LogP contribution is -2.31. The summed E-state index contributed by atoms with van der Waals surface area (Å²) in [6.07, 6.45) is 0.0964. The van der Waals surface area contributed by atoms with Crippen molar-refractivity contribution in [2.24, 2.45) is 7.05 Å². The zero-order valence-electron chi connectivity index (χ0n) is 24.5. The van der Waals surface area contributed by atoms with Crippen LogP contribution in [-0.4, -0.2) is 48.6 Å². The minimum Gasteiger partial charge on any atom is -0.748 e. The molecule has 2 heterocycles. The fourth-order valence-electron chi connectivity index (χ4n) is 5.35. The topological polar surface area (TPSA) is 136 Å². The Bertz CT molecular complexity index is 2040. The molecule has 0 saturated heterocycles. The van der Waals surface area contributed by atoms with E-state index >= 15 is 0 Å². The average Bonchev–Trinajstić information content (AvgIpc) is 3.45. The smallest absolute Gasteiger partial charge is 0.416 e. The quantitative estimate of drug-likeness (QED) is 0.164. The zero-order chi connectivity index (χ0) is 33.3. The van der Waals surface area contributed by atoms with Crippen molar-refractivity contribution in [1.29, 1.82) is 0 Å². The van der Waals surface area contributed by atoms with Gasteiger partial charge in [0.05, 0.1) is 45.1 Å². The first-order valence-electron chi connectivity index (χ1n) is 14.1. The van der Waals surface area contributed by atoms with Crippen LogP contribution in [0.25, 0.3) is 28.2 Å². The van der Waals surface area contributed by atoms with Crippen molar-refractivity contribution in [3.63, 3.8) is 0 Å². The molecule has 0 fully saturated rings. The van der Waals surface area contributed by atoms with Crippen molar-refractivity contribution in [1.82, 2.24) is 4.57 Å². The summed E-state index contributed by atoms with van der Waals surface area (Å²) < 4.78 is 117. The SMILES string of the molecule is C[n+]1c(/C=C/C=C2Oc3ccc(-c4ccccc4)cc3N2CCCS(=O)(=O)[O-])n(CCCS(=O)(=O)[O-])c2cc(C(F)(F)F)ccc21. The van der Waals surface area contributed by atoms with E-state index < -0.39 is 43.5 Å². The molecule has 1 aromatic heterocycles. The number of alkyl halides is 3.